The van der Waals surface area contributed by atoms with Gasteiger partial charge >= 0.3 is 5.97 Å². The summed E-state index contributed by atoms with van der Waals surface area (Å²) in [6.07, 6.45) is 7.21. The maximum atomic E-state index is 13.0. The summed E-state index contributed by atoms with van der Waals surface area (Å²) >= 11 is 0. The fourth-order valence-electron chi connectivity index (χ4n) is 5.92. The third-order valence-electron chi connectivity index (χ3n) is 8.20. The Bertz CT molecular complexity index is 1010. The highest BCUT2D eigenvalue weighted by atomic mass is 16.4. The molecule has 2 amide bonds. The molecule has 4 heterocycles. The molecule has 1 aromatic rings. The highest BCUT2D eigenvalue weighted by Gasteiger charge is 2.35. The highest BCUT2D eigenvalue weighted by molar-refractivity contribution is 5.86. The first kappa shape index (κ1) is 28.3. The van der Waals surface area contributed by atoms with Gasteiger partial charge < -0.3 is 25.5 Å². The number of hydrogen-bond donors (Lipinski definition) is 3. The van der Waals surface area contributed by atoms with E-state index in [0.717, 1.165) is 69.7 Å². The van der Waals surface area contributed by atoms with Crippen molar-refractivity contribution in [2.24, 2.45) is 17.3 Å². The first-order valence-corrected chi connectivity index (χ1v) is 14.4. The van der Waals surface area contributed by atoms with Crippen LogP contribution in [-0.2, 0) is 27.2 Å². The second-order valence-corrected chi connectivity index (χ2v) is 12.4. The van der Waals surface area contributed by atoms with E-state index in [1.54, 1.807) is 4.90 Å². The van der Waals surface area contributed by atoms with Crippen molar-refractivity contribution >= 4 is 23.6 Å². The molecule has 0 radical (unpaired) electrons. The maximum Gasteiger partial charge on any atom is 0.326 e. The van der Waals surface area contributed by atoms with Crippen LogP contribution in [0.3, 0.4) is 0 Å². The zero-order valence-electron chi connectivity index (χ0n) is 23.3. The lowest BCUT2D eigenvalue weighted by Gasteiger charge is -2.36. The van der Waals surface area contributed by atoms with Crippen molar-refractivity contribution in [3.8, 4) is 0 Å². The molecule has 2 saturated heterocycles. The number of carbonyl (C=O) groups is 3. The summed E-state index contributed by atoms with van der Waals surface area (Å²) in [5.74, 6) is 0.0419. The van der Waals surface area contributed by atoms with E-state index in [-0.39, 0.29) is 17.7 Å². The molecule has 0 spiro atoms. The van der Waals surface area contributed by atoms with Crippen molar-refractivity contribution in [3.63, 3.8) is 0 Å². The van der Waals surface area contributed by atoms with Crippen molar-refractivity contribution < 1.29 is 19.5 Å². The summed E-state index contributed by atoms with van der Waals surface area (Å²) in [6.45, 7) is 10.2. The Hall–Kier alpha value is -2.68. The Balaban J connectivity index is 1.21. The number of anilines is 1. The molecular formula is C29H45N5O4. The molecule has 0 saturated carbocycles. The van der Waals surface area contributed by atoms with Gasteiger partial charge in [0.05, 0.1) is 5.92 Å². The van der Waals surface area contributed by atoms with E-state index in [9.17, 15) is 19.5 Å². The van der Waals surface area contributed by atoms with E-state index in [4.69, 9.17) is 4.98 Å². The van der Waals surface area contributed by atoms with Crippen molar-refractivity contribution in [1.29, 1.82) is 0 Å². The number of aromatic nitrogens is 1. The minimum atomic E-state index is -1.00. The van der Waals surface area contributed by atoms with Gasteiger partial charge in [-0.05, 0) is 75.5 Å². The molecule has 3 atom stereocenters. The van der Waals surface area contributed by atoms with Gasteiger partial charge in [0.1, 0.15) is 11.9 Å². The van der Waals surface area contributed by atoms with Crippen LogP contribution in [0.4, 0.5) is 5.82 Å². The fourth-order valence-corrected chi connectivity index (χ4v) is 5.92. The number of carbonyl (C=O) groups excluding carboxylic acids is 2. The molecule has 1 aromatic heterocycles. The number of rotatable bonds is 9. The van der Waals surface area contributed by atoms with Crippen LogP contribution in [0.5, 0.6) is 0 Å². The molecule has 3 aliphatic heterocycles. The van der Waals surface area contributed by atoms with Gasteiger partial charge in [-0.2, -0.15) is 0 Å². The van der Waals surface area contributed by atoms with Crippen LogP contribution in [0.25, 0.3) is 0 Å². The number of carboxylic acids is 1. The number of nitrogens with zero attached hydrogens (tertiary/aromatic N) is 3. The second-order valence-electron chi connectivity index (χ2n) is 12.4. The fraction of sp³-hybridized carbons (Fsp3) is 0.724. The Morgan fingerprint density at radius 1 is 1.16 bits per heavy atom. The van der Waals surface area contributed by atoms with Crippen LogP contribution in [0.1, 0.15) is 70.6 Å². The standard InChI is InChI=1S/C29H45N5O4/c1-29(2,3)28(38)34-15-5-7-22(19-34)26(35)32-24(27(36)37)13-17-33-16-12-20(18-33)8-10-23-11-9-21-6-4-14-30-25(21)31-23/h9,11,20,22,24H,4-8,10,12-19H2,1-3H3,(H,30,31)(H,32,35)(H,36,37)/t20-,22-,24+/m1/s1. The predicted molar refractivity (Wildman–Crippen MR) is 147 cm³/mol. The van der Waals surface area contributed by atoms with Gasteiger partial charge in [0.2, 0.25) is 11.8 Å². The number of fused-ring (bicyclic) bond motifs is 1. The number of aliphatic carboxylic acids is 1. The first-order chi connectivity index (χ1) is 18.1. The van der Waals surface area contributed by atoms with Crippen molar-refractivity contribution in [1.82, 2.24) is 20.1 Å². The average molecular weight is 528 g/mol. The lowest BCUT2D eigenvalue weighted by molar-refractivity contribution is -0.146. The molecule has 4 rings (SSSR count). The number of likely N-dealkylation sites (tertiary alicyclic amines) is 2. The molecule has 0 unspecified atom stereocenters. The average Bonchev–Trinajstić information content (AvgIpc) is 3.36. The smallest absolute Gasteiger partial charge is 0.326 e. The largest absolute Gasteiger partial charge is 0.480 e. The zero-order chi connectivity index (χ0) is 27.3. The molecule has 9 heteroatoms. The molecular weight excluding hydrogens is 482 g/mol. The maximum absolute atomic E-state index is 13.0. The van der Waals surface area contributed by atoms with Crippen LogP contribution in [0.2, 0.25) is 0 Å². The van der Waals surface area contributed by atoms with Gasteiger partial charge in [-0.3, -0.25) is 9.59 Å². The van der Waals surface area contributed by atoms with Gasteiger partial charge in [0.25, 0.3) is 0 Å². The molecule has 2 fully saturated rings. The summed E-state index contributed by atoms with van der Waals surface area (Å²) in [6, 6.07) is 3.45. The normalized spacial score (nSPS) is 22.9. The lowest BCUT2D eigenvalue weighted by Crippen LogP contribution is -2.51. The summed E-state index contributed by atoms with van der Waals surface area (Å²) < 4.78 is 0. The zero-order valence-corrected chi connectivity index (χ0v) is 23.3. The molecule has 0 bridgehead atoms. The van der Waals surface area contributed by atoms with Gasteiger partial charge in [0, 0.05) is 43.8 Å². The van der Waals surface area contributed by atoms with Gasteiger partial charge in [0.15, 0.2) is 0 Å². The van der Waals surface area contributed by atoms with E-state index < -0.39 is 17.4 Å². The Morgan fingerprint density at radius 2 is 1.97 bits per heavy atom. The van der Waals surface area contributed by atoms with Crippen LogP contribution in [0.15, 0.2) is 12.1 Å². The van der Waals surface area contributed by atoms with E-state index in [2.05, 4.69) is 27.7 Å². The monoisotopic (exact) mass is 527 g/mol. The van der Waals surface area contributed by atoms with E-state index in [1.807, 2.05) is 20.8 Å². The summed E-state index contributed by atoms with van der Waals surface area (Å²) in [5.41, 5.74) is 1.95. The van der Waals surface area contributed by atoms with Gasteiger partial charge in [-0.1, -0.05) is 26.8 Å². The molecule has 3 N–H and O–H groups in total. The highest BCUT2D eigenvalue weighted by Crippen LogP contribution is 2.25. The first-order valence-electron chi connectivity index (χ1n) is 14.4. The van der Waals surface area contributed by atoms with E-state index in [1.165, 1.54) is 5.56 Å². The van der Waals surface area contributed by atoms with Gasteiger partial charge in [-0.25, -0.2) is 9.78 Å². The minimum Gasteiger partial charge on any atom is -0.480 e. The number of amides is 2. The van der Waals surface area contributed by atoms with E-state index >= 15 is 0 Å². The summed E-state index contributed by atoms with van der Waals surface area (Å²) in [4.78, 5) is 46.4. The third-order valence-corrected chi connectivity index (χ3v) is 8.20. The number of hydrogen-bond acceptors (Lipinski definition) is 6. The third kappa shape index (κ3) is 7.46. The minimum absolute atomic E-state index is 0.0347. The number of carboxylic acid groups (broad SMARTS) is 1. The van der Waals surface area contributed by atoms with Crippen LogP contribution in [-0.4, -0.2) is 83.0 Å². The van der Waals surface area contributed by atoms with E-state index in [0.29, 0.717) is 38.4 Å². The molecule has 3 aliphatic rings. The summed E-state index contributed by atoms with van der Waals surface area (Å²) in [5, 5.41) is 16.0. The van der Waals surface area contributed by atoms with Crippen molar-refractivity contribution in [2.75, 3.05) is 44.6 Å². The SMILES string of the molecule is CC(C)(C)C(=O)N1CCC[C@@H](C(=O)N[C@@H](CCN2CC[C@@H](CCc3ccc4c(n3)NCCC4)C2)C(=O)O)C1. The predicted octanol–water partition coefficient (Wildman–Crippen LogP) is 2.94. The topological polar surface area (TPSA) is 115 Å². The lowest BCUT2D eigenvalue weighted by atomic mass is 9.90. The number of pyridine rings is 1. The number of nitrogens with one attached hydrogen (secondary N) is 2. The quantitative estimate of drug-likeness (QED) is 0.452. The van der Waals surface area contributed by atoms with Crippen LogP contribution >= 0.6 is 0 Å². The molecule has 9 nitrogen and oxygen atoms in total. The molecule has 210 valence electrons. The van der Waals surface area contributed by atoms with Gasteiger partial charge in [-0.15, -0.1) is 0 Å². The Kier molecular flexibility index (Phi) is 9.28. The van der Waals surface area contributed by atoms with Crippen LogP contribution in [0, 0.1) is 17.3 Å². The Labute approximate surface area is 226 Å². The van der Waals surface area contributed by atoms with Crippen molar-refractivity contribution in [2.45, 2.75) is 78.2 Å². The molecule has 0 aromatic carbocycles. The second kappa shape index (κ2) is 12.5. The number of piperidine rings is 1. The molecule has 0 aliphatic carbocycles. The summed E-state index contributed by atoms with van der Waals surface area (Å²) in [7, 11) is 0. The Morgan fingerprint density at radius 3 is 2.74 bits per heavy atom. The molecule has 38 heavy (non-hydrogen) atoms. The van der Waals surface area contributed by atoms with Crippen molar-refractivity contribution in [3.05, 3.63) is 23.4 Å². The number of aryl methyl sites for hydroxylation is 2. The van der Waals surface area contributed by atoms with Crippen LogP contribution < -0.4 is 10.6 Å².